The number of nitrogens with zero attached hydrogens (tertiary/aromatic N) is 4. The summed E-state index contributed by atoms with van der Waals surface area (Å²) in [4.78, 5) is 16.2. The highest BCUT2D eigenvalue weighted by Crippen LogP contribution is 2.50. The molecule has 0 saturated carbocycles. The van der Waals surface area contributed by atoms with E-state index in [1.165, 1.54) is 59.5 Å². The number of benzene rings is 15. The molecule has 0 aliphatic carbocycles. The van der Waals surface area contributed by atoms with Crippen molar-refractivity contribution >= 4 is 111 Å². The van der Waals surface area contributed by atoms with Crippen molar-refractivity contribution in [3.05, 3.63) is 322 Å². The lowest BCUT2D eigenvalue weighted by Crippen LogP contribution is -2.61. The molecule has 0 atom stereocenters. The first-order valence-electron chi connectivity index (χ1n) is 30.6. The molecule has 1 aromatic heterocycles. The second-order valence-electron chi connectivity index (χ2n) is 23.7. The van der Waals surface area contributed by atoms with Gasteiger partial charge in [-0.2, -0.15) is 0 Å². The van der Waals surface area contributed by atoms with Gasteiger partial charge in [-0.15, -0.1) is 0 Å². The molecule has 0 N–H and O–H groups in total. The second kappa shape index (κ2) is 20.5. The molecular formula is C84H53BN4. The molecule has 89 heavy (non-hydrogen) atoms. The van der Waals surface area contributed by atoms with Crippen LogP contribution in [0.3, 0.4) is 0 Å². The van der Waals surface area contributed by atoms with Gasteiger partial charge in [0.25, 0.3) is 6.71 Å². The topological polar surface area (TPSA) is 32.3 Å². The van der Waals surface area contributed by atoms with Crippen LogP contribution in [0.2, 0.25) is 0 Å². The first-order valence-corrected chi connectivity index (χ1v) is 30.6. The first-order chi connectivity index (χ1) is 44.1. The molecular weight excluding hydrogens is 1080 g/mol. The molecule has 0 spiro atoms. The third-order valence-electron chi connectivity index (χ3n) is 18.4. The van der Waals surface area contributed by atoms with Crippen molar-refractivity contribution in [3.8, 4) is 67.2 Å². The Morgan fingerprint density at radius 1 is 0.236 bits per heavy atom. The number of fused-ring (bicyclic) bond motifs is 9. The average molecular weight is 1130 g/mol. The molecule has 3 heterocycles. The largest absolute Gasteiger partial charge is 0.311 e. The zero-order chi connectivity index (χ0) is 58.5. The van der Waals surface area contributed by atoms with Gasteiger partial charge < -0.3 is 9.80 Å². The Morgan fingerprint density at radius 3 is 0.989 bits per heavy atom. The molecule has 16 aromatic rings. The first kappa shape index (κ1) is 50.6. The molecule has 2 aliphatic rings. The monoisotopic (exact) mass is 1130 g/mol. The fraction of sp³-hybridized carbons (Fsp3) is 0. The minimum absolute atomic E-state index is 0.211. The number of hydrogen-bond donors (Lipinski definition) is 0. The molecule has 0 unspecified atom stereocenters. The highest BCUT2D eigenvalue weighted by Gasteiger charge is 2.45. The van der Waals surface area contributed by atoms with Crippen molar-refractivity contribution < 1.29 is 0 Å². The number of anilines is 6. The van der Waals surface area contributed by atoms with E-state index in [1.807, 2.05) is 0 Å². The van der Waals surface area contributed by atoms with Crippen LogP contribution >= 0.6 is 0 Å². The summed E-state index contributed by atoms with van der Waals surface area (Å²) in [5.41, 5.74) is 23.1. The Bertz CT molecular complexity index is 5110. The minimum Gasteiger partial charge on any atom is -0.311 e. The molecule has 0 bridgehead atoms. The average Bonchev–Trinajstić information content (AvgIpc) is 1.57. The van der Waals surface area contributed by atoms with E-state index in [0.29, 0.717) is 5.82 Å². The molecule has 5 heteroatoms. The number of para-hydroxylation sites is 1. The van der Waals surface area contributed by atoms with Gasteiger partial charge >= 0.3 is 0 Å². The van der Waals surface area contributed by atoms with Crippen molar-refractivity contribution in [1.29, 1.82) is 0 Å². The Labute approximate surface area is 516 Å². The fourth-order valence-electron chi connectivity index (χ4n) is 14.2. The third-order valence-corrected chi connectivity index (χ3v) is 18.4. The van der Waals surface area contributed by atoms with Crippen LogP contribution in [0.25, 0.3) is 121 Å². The normalized spacial score (nSPS) is 12.4. The standard InChI is InChI=1S/C84H53BN4/c1-6-22-54(23-7-1)63-42-64(55-24-8-2-9-25-55)45-72(44-63)88-78-50-69-40-61-34-18-16-32-59(61)38-67(69)48-75(78)85-76-49-68-39-60-33-17-19-35-62(60)41-70(68)51-79(76)89(73-46-65(56-26-10-3-11-27-56)43-66(47-73)57-28-12-4-13-29-57)81-53-71(52-80(88)82(81)85)83-74-36-20-21-37-77(74)86-84(87-83)58-30-14-5-15-31-58/h1-53H. The summed E-state index contributed by atoms with van der Waals surface area (Å²) >= 11 is 0. The fourth-order valence-corrected chi connectivity index (χ4v) is 14.2. The van der Waals surface area contributed by atoms with Gasteiger partial charge in [-0.25, -0.2) is 9.97 Å². The van der Waals surface area contributed by atoms with Crippen LogP contribution in [0.1, 0.15) is 0 Å². The molecule has 0 radical (unpaired) electrons. The van der Waals surface area contributed by atoms with Crippen LogP contribution in [0.15, 0.2) is 322 Å². The van der Waals surface area contributed by atoms with E-state index in [2.05, 4.69) is 331 Å². The summed E-state index contributed by atoms with van der Waals surface area (Å²) < 4.78 is 0. The molecule has 412 valence electrons. The van der Waals surface area contributed by atoms with Crippen LogP contribution < -0.4 is 26.2 Å². The Morgan fingerprint density at radius 2 is 0.584 bits per heavy atom. The zero-order valence-electron chi connectivity index (χ0n) is 48.5. The predicted octanol–water partition coefficient (Wildman–Crippen LogP) is 20.3. The predicted molar refractivity (Wildman–Crippen MR) is 376 cm³/mol. The molecule has 15 aromatic carbocycles. The zero-order valence-corrected chi connectivity index (χ0v) is 48.5. The van der Waals surface area contributed by atoms with Crippen molar-refractivity contribution in [3.63, 3.8) is 0 Å². The van der Waals surface area contributed by atoms with Gasteiger partial charge in [0.05, 0.1) is 11.2 Å². The smallest absolute Gasteiger partial charge is 0.252 e. The third kappa shape index (κ3) is 8.61. The Kier molecular flexibility index (Phi) is 11.7. The van der Waals surface area contributed by atoms with Crippen LogP contribution in [0.5, 0.6) is 0 Å². The minimum atomic E-state index is -0.211. The maximum Gasteiger partial charge on any atom is 0.252 e. The second-order valence-corrected chi connectivity index (χ2v) is 23.7. The Hall–Kier alpha value is -11.7. The summed E-state index contributed by atoms with van der Waals surface area (Å²) in [6, 6.07) is 119. The summed E-state index contributed by atoms with van der Waals surface area (Å²) in [6.45, 7) is -0.211. The molecule has 0 amide bonds. The van der Waals surface area contributed by atoms with E-state index in [-0.39, 0.29) is 6.71 Å². The lowest BCUT2D eigenvalue weighted by molar-refractivity contribution is 1.22. The van der Waals surface area contributed by atoms with Gasteiger partial charge in [-0.1, -0.05) is 231 Å². The molecule has 4 nitrogen and oxygen atoms in total. The van der Waals surface area contributed by atoms with E-state index in [0.717, 1.165) is 106 Å². The van der Waals surface area contributed by atoms with Crippen molar-refractivity contribution in [1.82, 2.24) is 9.97 Å². The van der Waals surface area contributed by atoms with E-state index >= 15 is 0 Å². The van der Waals surface area contributed by atoms with Crippen molar-refractivity contribution in [2.24, 2.45) is 0 Å². The van der Waals surface area contributed by atoms with E-state index in [4.69, 9.17) is 9.97 Å². The van der Waals surface area contributed by atoms with E-state index < -0.39 is 0 Å². The SMILES string of the molecule is c1ccc(-c2cc(-c3ccccc3)cc(N3c4cc5cc6ccccc6cc5cc4B4c5cc6cc7ccccc7cc6cc5N(c5cc(-c6ccccc6)cc(-c6ccccc6)c5)c5cc(-c6nc(-c7ccccc7)nc7ccccc67)cc3c54)c2)cc1. The summed E-state index contributed by atoms with van der Waals surface area (Å²) in [5, 5.41) is 10.6. The van der Waals surface area contributed by atoms with Gasteiger partial charge in [0.15, 0.2) is 5.82 Å². The summed E-state index contributed by atoms with van der Waals surface area (Å²) in [7, 11) is 0. The van der Waals surface area contributed by atoms with E-state index in [1.54, 1.807) is 0 Å². The van der Waals surface area contributed by atoms with Gasteiger partial charge in [-0.3, -0.25) is 0 Å². The van der Waals surface area contributed by atoms with Gasteiger partial charge in [-0.05, 0) is 195 Å². The lowest BCUT2D eigenvalue weighted by atomic mass is 9.33. The molecule has 0 fully saturated rings. The number of hydrogen-bond acceptors (Lipinski definition) is 4. The van der Waals surface area contributed by atoms with Crippen LogP contribution in [-0.4, -0.2) is 16.7 Å². The molecule has 18 rings (SSSR count). The lowest BCUT2D eigenvalue weighted by Gasteiger charge is -2.45. The summed E-state index contributed by atoms with van der Waals surface area (Å²) in [6.07, 6.45) is 0. The van der Waals surface area contributed by atoms with Crippen molar-refractivity contribution in [2.45, 2.75) is 0 Å². The van der Waals surface area contributed by atoms with Gasteiger partial charge in [0, 0.05) is 50.6 Å². The summed E-state index contributed by atoms with van der Waals surface area (Å²) in [5.74, 6) is 0.677. The quantitative estimate of drug-likeness (QED) is 0.112. The highest BCUT2D eigenvalue weighted by molar-refractivity contribution is 7.00. The van der Waals surface area contributed by atoms with E-state index in [9.17, 15) is 0 Å². The van der Waals surface area contributed by atoms with Crippen LogP contribution in [0, 0.1) is 0 Å². The van der Waals surface area contributed by atoms with Gasteiger partial charge in [0.1, 0.15) is 0 Å². The maximum atomic E-state index is 5.69. The maximum absolute atomic E-state index is 5.69. The van der Waals surface area contributed by atoms with Crippen LogP contribution in [-0.2, 0) is 0 Å². The Balaban J connectivity index is 1.02. The molecule has 0 saturated heterocycles. The number of rotatable bonds is 8. The number of aromatic nitrogens is 2. The van der Waals surface area contributed by atoms with Gasteiger partial charge in [0.2, 0.25) is 0 Å². The van der Waals surface area contributed by atoms with Crippen molar-refractivity contribution in [2.75, 3.05) is 9.80 Å². The van der Waals surface area contributed by atoms with Crippen LogP contribution in [0.4, 0.5) is 34.1 Å². The highest BCUT2D eigenvalue weighted by atomic mass is 15.2. The molecule has 2 aliphatic heterocycles.